The lowest BCUT2D eigenvalue weighted by Gasteiger charge is -2.25. The van der Waals surface area contributed by atoms with E-state index in [1.54, 1.807) is 0 Å². The van der Waals surface area contributed by atoms with Gasteiger partial charge in [-0.15, -0.1) is 0 Å². The van der Waals surface area contributed by atoms with Crippen molar-refractivity contribution >= 4 is 0 Å². The van der Waals surface area contributed by atoms with Crippen LogP contribution < -0.4 is 0 Å². The molecule has 0 heterocycles. The molecular weight excluding hydrogens is 146 g/mol. The zero-order valence-corrected chi connectivity index (χ0v) is 6.56. The zero-order chi connectivity index (χ0) is 8.43. The molecule has 0 aliphatic heterocycles. The summed E-state index contributed by atoms with van der Waals surface area (Å²) >= 11 is 0. The van der Waals surface area contributed by atoms with Crippen LogP contribution in [-0.2, 0) is 0 Å². The predicted molar refractivity (Wildman–Crippen MR) is 39.8 cm³/mol. The van der Waals surface area contributed by atoms with Gasteiger partial charge in [0.05, 0.1) is 6.10 Å². The van der Waals surface area contributed by atoms with Crippen LogP contribution >= 0.6 is 0 Å². The smallest absolute Gasteiger partial charge is 0.215 e. The molecule has 1 rings (SSSR count). The molecule has 3 atom stereocenters. The number of aliphatic hydroxyl groups excluding tert-OH is 1. The lowest BCUT2D eigenvalue weighted by molar-refractivity contribution is -0.529. The lowest BCUT2D eigenvalue weighted by atomic mass is 9.85. The van der Waals surface area contributed by atoms with Crippen LogP contribution in [0.2, 0.25) is 0 Å². The van der Waals surface area contributed by atoms with Crippen molar-refractivity contribution in [2.75, 3.05) is 0 Å². The molecule has 0 aromatic heterocycles. The Morgan fingerprint density at radius 2 is 2.18 bits per heavy atom. The van der Waals surface area contributed by atoms with Crippen molar-refractivity contribution in [1.29, 1.82) is 0 Å². The fourth-order valence-electron chi connectivity index (χ4n) is 1.47. The van der Waals surface area contributed by atoms with E-state index in [1.807, 2.05) is 6.92 Å². The van der Waals surface area contributed by atoms with Gasteiger partial charge in [0.15, 0.2) is 0 Å². The Hall–Kier alpha value is -0.640. The molecule has 0 saturated heterocycles. The molecule has 4 nitrogen and oxygen atoms in total. The summed E-state index contributed by atoms with van der Waals surface area (Å²) in [6.45, 7) is 1.93. The third kappa shape index (κ3) is 1.89. The molecule has 0 radical (unpaired) electrons. The summed E-state index contributed by atoms with van der Waals surface area (Å²) in [6.07, 6.45) is 1.24. The van der Waals surface area contributed by atoms with Crippen LogP contribution in [0.1, 0.15) is 26.2 Å². The molecule has 1 fully saturated rings. The lowest BCUT2D eigenvalue weighted by Crippen LogP contribution is -2.34. The van der Waals surface area contributed by atoms with Gasteiger partial charge in [0.1, 0.15) is 0 Å². The van der Waals surface area contributed by atoms with E-state index in [-0.39, 0.29) is 10.8 Å². The minimum Gasteiger partial charge on any atom is -0.393 e. The van der Waals surface area contributed by atoms with E-state index >= 15 is 0 Å². The molecule has 4 heteroatoms. The van der Waals surface area contributed by atoms with Crippen LogP contribution in [0.25, 0.3) is 0 Å². The molecule has 0 aromatic rings. The van der Waals surface area contributed by atoms with Gasteiger partial charge in [0.25, 0.3) is 0 Å². The van der Waals surface area contributed by atoms with Gasteiger partial charge in [-0.1, -0.05) is 6.92 Å². The molecule has 0 aromatic carbocycles. The van der Waals surface area contributed by atoms with Crippen LogP contribution in [0.15, 0.2) is 0 Å². The zero-order valence-electron chi connectivity index (χ0n) is 6.56. The van der Waals surface area contributed by atoms with Crippen LogP contribution in [0.4, 0.5) is 0 Å². The number of hydrogen-bond donors (Lipinski definition) is 1. The maximum Gasteiger partial charge on any atom is 0.215 e. The monoisotopic (exact) mass is 159 g/mol. The summed E-state index contributed by atoms with van der Waals surface area (Å²) in [6, 6.07) is -0.513. The number of hydrogen-bond acceptors (Lipinski definition) is 3. The number of nitrogens with zero attached hydrogens (tertiary/aromatic N) is 1. The van der Waals surface area contributed by atoms with Crippen molar-refractivity contribution in [3.63, 3.8) is 0 Å². The average molecular weight is 159 g/mol. The second-order valence-corrected chi connectivity index (χ2v) is 3.30. The van der Waals surface area contributed by atoms with Gasteiger partial charge in [-0.3, -0.25) is 10.1 Å². The fraction of sp³-hybridized carbons (Fsp3) is 1.00. The molecule has 1 aliphatic carbocycles. The Bertz CT molecular complexity index is 160. The number of aliphatic hydroxyl groups is 1. The second kappa shape index (κ2) is 3.17. The molecule has 0 spiro atoms. The highest BCUT2D eigenvalue weighted by Crippen LogP contribution is 2.25. The summed E-state index contributed by atoms with van der Waals surface area (Å²) in [4.78, 5) is 10.0. The largest absolute Gasteiger partial charge is 0.393 e. The van der Waals surface area contributed by atoms with E-state index < -0.39 is 12.1 Å². The van der Waals surface area contributed by atoms with E-state index in [0.29, 0.717) is 12.8 Å². The molecular formula is C7H13NO3. The summed E-state index contributed by atoms with van der Waals surface area (Å²) in [5.41, 5.74) is 0. The third-order valence-corrected chi connectivity index (χ3v) is 2.42. The minimum atomic E-state index is -0.513. The Morgan fingerprint density at radius 3 is 2.64 bits per heavy atom. The number of rotatable bonds is 1. The van der Waals surface area contributed by atoms with E-state index in [1.165, 1.54) is 0 Å². The van der Waals surface area contributed by atoms with Gasteiger partial charge in [-0.2, -0.15) is 0 Å². The first kappa shape index (κ1) is 8.46. The topological polar surface area (TPSA) is 63.4 Å². The van der Waals surface area contributed by atoms with Crippen LogP contribution in [0, 0.1) is 16.0 Å². The maximum absolute atomic E-state index is 10.3. The first-order chi connectivity index (χ1) is 5.11. The molecule has 1 aliphatic rings. The van der Waals surface area contributed by atoms with Crippen LogP contribution in [0.3, 0.4) is 0 Å². The molecule has 1 saturated carbocycles. The van der Waals surface area contributed by atoms with Crippen molar-refractivity contribution in [2.45, 2.75) is 38.3 Å². The average Bonchev–Trinajstić information content (AvgIpc) is 1.94. The van der Waals surface area contributed by atoms with E-state index in [9.17, 15) is 15.2 Å². The molecule has 64 valence electrons. The van der Waals surface area contributed by atoms with Crippen molar-refractivity contribution < 1.29 is 10.0 Å². The summed E-state index contributed by atoms with van der Waals surface area (Å²) < 4.78 is 0. The summed E-state index contributed by atoms with van der Waals surface area (Å²) in [5.74, 6) is 0.228. The van der Waals surface area contributed by atoms with Crippen molar-refractivity contribution in [1.82, 2.24) is 0 Å². The van der Waals surface area contributed by atoms with Crippen LogP contribution in [-0.4, -0.2) is 22.2 Å². The van der Waals surface area contributed by atoms with Crippen molar-refractivity contribution in [3.05, 3.63) is 10.1 Å². The van der Waals surface area contributed by atoms with Gasteiger partial charge in [0.2, 0.25) is 6.04 Å². The Kier molecular flexibility index (Phi) is 2.44. The van der Waals surface area contributed by atoms with E-state index in [0.717, 1.165) is 6.42 Å². The Labute approximate surface area is 65.4 Å². The Balaban J connectivity index is 2.46. The van der Waals surface area contributed by atoms with Gasteiger partial charge in [-0.25, -0.2) is 0 Å². The maximum atomic E-state index is 10.3. The first-order valence-electron chi connectivity index (χ1n) is 3.93. The highest BCUT2D eigenvalue weighted by Gasteiger charge is 2.32. The second-order valence-electron chi connectivity index (χ2n) is 3.30. The first-order valence-corrected chi connectivity index (χ1v) is 3.93. The molecule has 11 heavy (non-hydrogen) atoms. The minimum absolute atomic E-state index is 0.228. The third-order valence-electron chi connectivity index (χ3n) is 2.42. The molecule has 0 amide bonds. The highest BCUT2D eigenvalue weighted by atomic mass is 16.6. The van der Waals surface area contributed by atoms with Gasteiger partial charge >= 0.3 is 0 Å². The Morgan fingerprint density at radius 1 is 1.55 bits per heavy atom. The van der Waals surface area contributed by atoms with Gasteiger partial charge < -0.3 is 5.11 Å². The standard InChI is InChI=1S/C7H13NO3/c1-5-2-3-6(8(10)11)4-7(5)9/h5-7,9H,2-4H2,1H3. The molecule has 1 N–H and O–H groups in total. The van der Waals surface area contributed by atoms with Crippen molar-refractivity contribution in [2.24, 2.45) is 5.92 Å². The van der Waals surface area contributed by atoms with Gasteiger partial charge in [0, 0.05) is 17.8 Å². The van der Waals surface area contributed by atoms with E-state index in [2.05, 4.69) is 0 Å². The predicted octanol–water partition coefficient (Wildman–Crippen LogP) is 0.813. The van der Waals surface area contributed by atoms with E-state index in [4.69, 9.17) is 0 Å². The summed E-state index contributed by atoms with van der Waals surface area (Å²) in [7, 11) is 0. The van der Waals surface area contributed by atoms with Crippen LogP contribution in [0.5, 0.6) is 0 Å². The van der Waals surface area contributed by atoms with Gasteiger partial charge in [-0.05, 0) is 12.3 Å². The van der Waals surface area contributed by atoms with Crippen molar-refractivity contribution in [3.8, 4) is 0 Å². The molecule has 3 unspecified atom stereocenters. The quantitative estimate of drug-likeness (QED) is 0.455. The number of nitro groups is 1. The summed E-state index contributed by atoms with van der Waals surface area (Å²) in [5, 5.41) is 19.6. The fourth-order valence-corrected chi connectivity index (χ4v) is 1.47. The molecule has 0 bridgehead atoms. The highest BCUT2D eigenvalue weighted by molar-refractivity contribution is 4.76. The normalized spacial score (nSPS) is 38.5. The SMILES string of the molecule is CC1CCC([N+](=O)[O-])CC1O.